The lowest BCUT2D eigenvalue weighted by Gasteiger charge is -1.84. The lowest BCUT2D eigenvalue weighted by molar-refractivity contribution is 1.04. The van der Waals surface area contributed by atoms with Crippen LogP contribution in [0.1, 0.15) is 33.1 Å². The Morgan fingerprint density at radius 2 is 1.46 bits per heavy atom. The molecular weight excluding hydrogens is 156 g/mol. The molecule has 0 aromatic carbocycles. The zero-order valence-electron chi connectivity index (χ0n) is 8.74. The van der Waals surface area contributed by atoms with Crippen LogP contribution >= 0.6 is 0 Å². The van der Waals surface area contributed by atoms with Crippen LogP contribution in [0.5, 0.6) is 0 Å². The summed E-state index contributed by atoms with van der Waals surface area (Å²) < 4.78 is 0. The SMILES string of the molecule is C/C=C/C=C/C/C=C/CC/C=C/C. The normalized spacial score (nSPS) is 13.1. The first-order valence-corrected chi connectivity index (χ1v) is 4.95. The quantitative estimate of drug-likeness (QED) is 0.319. The van der Waals surface area contributed by atoms with Crippen molar-refractivity contribution in [1.29, 1.82) is 0 Å². The summed E-state index contributed by atoms with van der Waals surface area (Å²) in [4.78, 5) is 0. The van der Waals surface area contributed by atoms with Crippen LogP contribution in [0.15, 0.2) is 48.6 Å². The van der Waals surface area contributed by atoms with Crippen LogP contribution in [-0.2, 0) is 0 Å². The monoisotopic (exact) mass is 176 g/mol. The molecule has 0 atom stereocenters. The predicted molar refractivity (Wildman–Crippen MR) is 61.8 cm³/mol. The zero-order chi connectivity index (χ0) is 9.78. The zero-order valence-corrected chi connectivity index (χ0v) is 8.74. The minimum absolute atomic E-state index is 1.04. The van der Waals surface area contributed by atoms with Gasteiger partial charge in [-0.25, -0.2) is 0 Å². The summed E-state index contributed by atoms with van der Waals surface area (Å²) in [6.07, 6.45) is 20.4. The maximum absolute atomic E-state index is 2.24. The third-order valence-electron chi connectivity index (χ3n) is 1.61. The van der Waals surface area contributed by atoms with Crippen molar-refractivity contribution in [2.75, 3.05) is 0 Å². The molecule has 0 aliphatic carbocycles. The van der Waals surface area contributed by atoms with Crippen molar-refractivity contribution in [2.24, 2.45) is 0 Å². The van der Waals surface area contributed by atoms with E-state index >= 15 is 0 Å². The lowest BCUT2D eigenvalue weighted by Crippen LogP contribution is -1.64. The Labute approximate surface area is 82.4 Å². The van der Waals surface area contributed by atoms with Gasteiger partial charge in [0.1, 0.15) is 0 Å². The van der Waals surface area contributed by atoms with Crippen LogP contribution in [0.25, 0.3) is 0 Å². The Kier molecular flexibility index (Phi) is 10.1. The van der Waals surface area contributed by atoms with Gasteiger partial charge in [-0.1, -0.05) is 48.6 Å². The molecule has 0 nitrogen and oxygen atoms in total. The van der Waals surface area contributed by atoms with Gasteiger partial charge in [0, 0.05) is 0 Å². The molecule has 0 N–H and O–H groups in total. The average molecular weight is 176 g/mol. The van der Waals surface area contributed by atoms with E-state index < -0.39 is 0 Å². The number of unbranched alkanes of at least 4 members (excludes halogenated alkanes) is 1. The molecule has 0 saturated heterocycles. The van der Waals surface area contributed by atoms with E-state index in [1.807, 2.05) is 19.1 Å². The van der Waals surface area contributed by atoms with E-state index in [0.717, 1.165) is 19.3 Å². The number of rotatable bonds is 6. The molecule has 0 saturated carbocycles. The van der Waals surface area contributed by atoms with Gasteiger partial charge in [-0.15, -0.1) is 0 Å². The van der Waals surface area contributed by atoms with Crippen molar-refractivity contribution in [3.63, 3.8) is 0 Å². The first-order valence-electron chi connectivity index (χ1n) is 4.95. The molecule has 0 fully saturated rings. The van der Waals surface area contributed by atoms with Crippen molar-refractivity contribution >= 4 is 0 Å². The van der Waals surface area contributed by atoms with E-state index in [2.05, 4.69) is 43.4 Å². The summed E-state index contributed by atoms with van der Waals surface area (Å²) in [6, 6.07) is 0. The Bertz CT molecular complexity index is 192. The Balaban J connectivity index is 3.31. The highest BCUT2D eigenvalue weighted by atomic mass is 13.8. The minimum Gasteiger partial charge on any atom is -0.0917 e. The molecule has 0 unspecified atom stereocenters. The van der Waals surface area contributed by atoms with E-state index in [4.69, 9.17) is 0 Å². The topological polar surface area (TPSA) is 0 Å². The highest BCUT2D eigenvalue weighted by molar-refractivity contribution is 5.03. The average Bonchev–Trinajstić information content (AvgIpc) is 2.16. The minimum atomic E-state index is 1.04. The van der Waals surface area contributed by atoms with Gasteiger partial charge in [0.15, 0.2) is 0 Å². The molecule has 13 heavy (non-hydrogen) atoms. The first-order chi connectivity index (χ1) is 6.41. The van der Waals surface area contributed by atoms with E-state index in [-0.39, 0.29) is 0 Å². The van der Waals surface area contributed by atoms with Crippen molar-refractivity contribution < 1.29 is 0 Å². The number of hydrogen-bond acceptors (Lipinski definition) is 0. The van der Waals surface area contributed by atoms with E-state index in [0.29, 0.717) is 0 Å². The molecule has 72 valence electrons. The van der Waals surface area contributed by atoms with Crippen LogP contribution < -0.4 is 0 Å². The van der Waals surface area contributed by atoms with Gasteiger partial charge < -0.3 is 0 Å². The first kappa shape index (κ1) is 12.0. The summed E-state index contributed by atoms with van der Waals surface area (Å²) in [5, 5.41) is 0. The second-order valence-electron chi connectivity index (χ2n) is 2.81. The second-order valence-corrected chi connectivity index (χ2v) is 2.81. The standard InChI is InChI=1S/C13H20/c1-3-5-7-9-11-13-12-10-8-6-4-2/h3-7,9,12-13H,8,10-11H2,1-2H3/b5-3+,6-4+,9-7+,13-12+. The summed E-state index contributed by atoms with van der Waals surface area (Å²) in [7, 11) is 0. The Morgan fingerprint density at radius 3 is 2.15 bits per heavy atom. The Morgan fingerprint density at radius 1 is 0.692 bits per heavy atom. The van der Waals surface area contributed by atoms with Crippen LogP contribution in [-0.4, -0.2) is 0 Å². The number of hydrogen-bond donors (Lipinski definition) is 0. The van der Waals surface area contributed by atoms with Crippen LogP contribution in [0.3, 0.4) is 0 Å². The third-order valence-corrected chi connectivity index (χ3v) is 1.61. The highest BCUT2D eigenvalue weighted by Gasteiger charge is 1.74. The molecule has 0 aromatic heterocycles. The molecule has 0 rings (SSSR count). The van der Waals surface area contributed by atoms with Crippen LogP contribution in [0.2, 0.25) is 0 Å². The summed E-state index contributed by atoms with van der Waals surface area (Å²) in [5.74, 6) is 0. The highest BCUT2D eigenvalue weighted by Crippen LogP contribution is 1.95. The molecular formula is C13H20. The van der Waals surface area contributed by atoms with Gasteiger partial charge >= 0.3 is 0 Å². The fourth-order valence-corrected chi connectivity index (χ4v) is 0.920. The predicted octanol–water partition coefficient (Wildman–Crippen LogP) is 4.42. The lowest BCUT2D eigenvalue weighted by atomic mass is 10.2. The van der Waals surface area contributed by atoms with Gasteiger partial charge in [-0.3, -0.25) is 0 Å². The Hall–Kier alpha value is -1.04. The molecule has 0 aromatic rings. The smallest absolute Gasteiger partial charge is 0.0166 e. The third kappa shape index (κ3) is 11.0. The van der Waals surface area contributed by atoms with Crippen LogP contribution in [0.4, 0.5) is 0 Å². The van der Waals surface area contributed by atoms with Crippen molar-refractivity contribution in [3.8, 4) is 0 Å². The maximum atomic E-state index is 2.24. The maximum Gasteiger partial charge on any atom is -0.0166 e. The van der Waals surface area contributed by atoms with E-state index in [9.17, 15) is 0 Å². The fourth-order valence-electron chi connectivity index (χ4n) is 0.920. The summed E-state index contributed by atoms with van der Waals surface area (Å²) in [5.41, 5.74) is 0. The summed E-state index contributed by atoms with van der Waals surface area (Å²) >= 11 is 0. The van der Waals surface area contributed by atoms with Crippen molar-refractivity contribution in [1.82, 2.24) is 0 Å². The van der Waals surface area contributed by atoms with E-state index in [1.165, 1.54) is 0 Å². The largest absolute Gasteiger partial charge is 0.0917 e. The van der Waals surface area contributed by atoms with Gasteiger partial charge in [0.25, 0.3) is 0 Å². The van der Waals surface area contributed by atoms with Crippen LogP contribution in [0, 0.1) is 0 Å². The molecule has 0 radical (unpaired) electrons. The number of allylic oxidation sites excluding steroid dienone is 8. The van der Waals surface area contributed by atoms with Crippen molar-refractivity contribution in [2.45, 2.75) is 33.1 Å². The fraction of sp³-hybridized carbons (Fsp3) is 0.385. The molecule has 0 aliphatic heterocycles. The van der Waals surface area contributed by atoms with Gasteiger partial charge in [0.05, 0.1) is 0 Å². The van der Waals surface area contributed by atoms with Crippen molar-refractivity contribution in [3.05, 3.63) is 48.6 Å². The molecule has 0 amide bonds. The van der Waals surface area contributed by atoms with Gasteiger partial charge in [-0.2, -0.15) is 0 Å². The van der Waals surface area contributed by atoms with Gasteiger partial charge in [-0.05, 0) is 33.1 Å². The second kappa shape index (κ2) is 11.0. The summed E-state index contributed by atoms with van der Waals surface area (Å²) in [6.45, 7) is 4.08. The molecule has 0 bridgehead atoms. The van der Waals surface area contributed by atoms with Gasteiger partial charge in [0.2, 0.25) is 0 Å². The van der Waals surface area contributed by atoms with E-state index in [1.54, 1.807) is 0 Å². The molecule has 0 aliphatic rings. The molecule has 0 heteroatoms. The molecule has 0 heterocycles. The molecule has 0 spiro atoms.